The molecule has 0 saturated carbocycles. The first-order chi connectivity index (χ1) is 9.12. The van der Waals surface area contributed by atoms with Crippen LogP contribution in [0.2, 0.25) is 0 Å². The summed E-state index contributed by atoms with van der Waals surface area (Å²) >= 11 is 0. The Morgan fingerprint density at radius 2 is 1.75 bits per heavy atom. The largest absolute Gasteiger partial charge is 0.480 e. The van der Waals surface area contributed by atoms with E-state index in [9.17, 15) is 14.7 Å². The average molecular weight is 286 g/mol. The number of carbonyl (C=O) groups excluding carboxylic acids is 1. The molecule has 6 heteroatoms. The van der Waals surface area contributed by atoms with Gasteiger partial charge in [0.05, 0.1) is 6.10 Å². The van der Waals surface area contributed by atoms with Gasteiger partial charge in [-0.3, -0.25) is 0 Å². The van der Waals surface area contributed by atoms with Crippen molar-refractivity contribution in [3.05, 3.63) is 0 Å². The fraction of sp³-hybridized carbons (Fsp3) is 0.857. The molecular weight excluding hydrogens is 260 g/mol. The lowest BCUT2D eigenvalue weighted by Gasteiger charge is -2.39. The lowest BCUT2D eigenvalue weighted by Crippen LogP contribution is -2.54. The fourth-order valence-electron chi connectivity index (χ4n) is 2.56. The molecule has 6 nitrogen and oxygen atoms in total. The van der Waals surface area contributed by atoms with Crippen LogP contribution in [-0.2, 0) is 4.79 Å². The third-order valence-corrected chi connectivity index (χ3v) is 4.03. The average Bonchev–Trinajstić information content (AvgIpc) is 2.34. The van der Waals surface area contributed by atoms with E-state index in [2.05, 4.69) is 26.1 Å². The van der Waals surface area contributed by atoms with E-state index in [0.29, 0.717) is 19.0 Å². The first-order valence-electron chi connectivity index (χ1n) is 7.09. The standard InChI is InChI=1S/C14H26N2O4/c1-9(17)11(12(18)19)15-13(20)16-7-5-10(6-8-16)14(2,3)4/h9-11,17H,5-8H2,1-4H3,(H,15,20)(H,18,19). The fourth-order valence-corrected chi connectivity index (χ4v) is 2.56. The van der Waals surface area contributed by atoms with Gasteiger partial charge >= 0.3 is 12.0 Å². The highest BCUT2D eigenvalue weighted by atomic mass is 16.4. The number of hydrogen-bond donors (Lipinski definition) is 3. The van der Waals surface area contributed by atoms with Gasteiger partial charge in [0.25, 0.3) is 0 Å². The lowest BCUT2D eigenvalue weighted by molar-refractivity contribution is -0.141. The van der Waals surface area contributed by atoms with Crippen molar-refractivity contribution in [1.82, 2.24) is 10.2 Å². The monoisotopic (exact) mass is 286 g/mol. The van der Waals surface area contributed by atoms with Crippen molar-refractivity contribution in [3.63, 3.8) is 0 Å². The molecule has 0 aromatic carbocycles. The maximum Gasteiger partial charge on any atom is 0.328 e. The summed E-state index contributed by atoms with van der Waals surface area (Å²) < 4.78 is 0. The van der Waals surface area contributed by atoms with Crippen molar-refractivity contribution in [2.24, 2.45) is 11.3 Å². The molecular formula is C14H26N2O4. The highest BCUT2D eigenvalue weighted by Gasteiger charge is 2.32. The minimum atomic E-state index is -1.26. The number of likely N-dealkylation sites (tertiary alicyclic amines) is 1. The molecule has 0 aromatic rings. The summed E-state index contributed by atoms with van der Waals surface area (Å²) in [6.07, 6.45) is 0.718. The Kier molecular flexibility index (Phi) is 5.39. The molecule has 0 aromatic heterocycles. The van der Waals surface area contributed by atoms with E-state index in [1.807, 2.05) is 0 Å². The van der Waals surface area contributed by atoms with Crippen LogP contribution in [0.25, 0.3) is 0 Å². The number of urea groups is 1. The SMILES string of the molecule is CC(O)C(NC(=O)N1CCC(C(C)(C)C)CC1)C(=O)O. The second-order valence-electron chi connectivity index (χ2n) is 6.63. The Balaban J connectivity index is 2.53. The van der Waals surface area contributed by atoms with Gasteiger partial charge in [-0.2, -0.15) is 0 Å². The van der Waals surface area contributed by atoms with Gasteiger partial charge in [0.1, 0.15) is 0 Å². The highest BCUT2D eigenvalue weighted by Crippen LogP contribution is 2.34. The van der Waals surface area contributed by atoms with Crippen LogP contribution >= 0.6 is 0 Å². The molecule has 1 aliphatic heterocycles. The molecule has 2 amide bonds. The van der Waals surface area contributed by atoms with E-state index in [0.717, 1.165) is 12.8 Å². The molecule has 20 heavy (non-hydrogen) atoms. The number of nitrogens with zero attached hydrogens (tertiary/aromatic N) is 1. The molecule has 0 radical (unpaired) electrons. The number of carbonyl (C=O) groups is 2. The third kappa shape index (κ3) is 4.37. The van der Waals surface area contributed by atoms with Crippen LogP contribution in [0.3, 0.4) is 0 Å². The summed E-state index contributed by atoms with van der Waals surface area (Å²) in [7, 11) is 0. The quantitative estimate of drug-likeness (QED) is 0.729. The Morgan fingerprint density at radius 3 is 2.10 bits per heavy atom. The van der Waals surface area contributed by atoms with Crippen molar-refractivity contribution in [2.45, 2.75) is 52.7 Å². The smallest absolute Gasteiger partial charge is 0.328 e. The van der Waals surface area contributed by atoms with Crippen LogP contribution in [0.15, 0.2) is 0 Å². The van der Waals surface area contributed by atoms with Crippen molar-refractivity contribution in [2.75, 3.05) is 13.1 Å². The number of hydrogen-bond acceptors (Lipinski definition) is 3. The Labute approximate surface area is 120 Å². The number of carboxylic acid groups (broad SMARTS) is 1. The van der Waals surface area contributed by atoms with Crippen LogP contribution in [0.1, 0.15) is 40.5 Å². The molecule has 1 heterocycles. The molecule has 0 spiro atoms. The van der Waals surface area contributed by atoms with Gasteiger partial charge in [-0.25, -0.2) is 9.59 Å². The number of amides is 2. The zero-order valence-corrected chi connectivity index (χ0v) is 12.7. The number of nitrogens with one attached hydrogen (secondary N) is 1. The zero-order valence-electron chi connectivity index (χ0n) is 12.7. The predicted molar refractivity (Wildman–Crippen MR) is 75.4 cm³/mol. The Hall–Kier alpha value is -1.30. The van der Waals surface area contributed by atoms with Gasteiger partial charge in [-0.1, -0.05) is 20.8 Å². The summed E-state index contributed by atoms with van der Waals surface area (Å²) in [6.45, 7) is 9.19. The molecule has 2 unspecified atom stereocenters. The molecule has 116 valence electrons. The van der Waals surface area contributed by atoms with E-state index < -0.39 is 24.1 Å². The number of aliphatic hydroxyl groups is 1. The number of piperidine rings is 1. The van der Waals surface area contributed by atoms with Gasteiger partial charge in [-0.15, -0.1) is 0 Å². The summed E-state index contributed by atoms with van der Waals surface area (Å²) in [5, 5.41) is 20.7. The van der Waals surface area contributed by atoms with Gasteiger partial charge in [-0.05, 0) is 31.1 Å². The molecule has 1 aliphatic rings. The van der Waals surface area contributed by atoms with Crippen LogP contribution in [0.4, 0.5) is 4.79 Å². The summed E-state index contributed by atoms with van der Waals surface area (Å²) in [5.74, 6) is -0.656. The summed E-state index contributed by atoms with van der Waals surface area (Å²) in [6, 6.07) is -1.67. The minimum absolute atomic E-state index is 0.228. The van der Waals surface area contributed by atoms with E-state index in [-0.39, 0.29) is 5.41 Å². The number of carboxylic acids is 1. The molecule has 2 atom stereocenters. The normalized spacial score (nSPS) is 20.4. The number of aliphatic carboxylic acids is 1. The van der Waals surface area contributed by atoms with Crippen molar-refractivity contribution >= 4 is 12.0 Å². The van der Waals surface area contributed by atoms with Crippen LogP contribution in [-0.4, -0.2) is 52.3 Å². The number of aliphatic hydroxyl groups excluding tert-OH is 1. The topological polar surface area (TPSA) is 89.9 Å². The van der Waals surface area contributed by atoms with Crippen LogP contribution in [0, 0.1) is 11.3 Å². The van der Waals surface area contributed by atoms with Crippen LogP contribution < -0.4 is 5.32 Å². The maximum absolute atomic E-state index is 12.0. The Morgan fingerprint density at radius 1 is 1.25 bits per heavy atom. The summed E-state index contributed by atoms with van der Waals surface area (Å²) in [5.41, 5.74) is 0.228. The molecule has 0 bridgehead atoms. The highest BCUT2D eigenvalue weighted by molar-refractivity contribution is 5.83. The van der Waals surface area contributed by atoms with Gasteiger partial charge < -0.3 is 20.4 Å². The third-order valence-electron chi connectivity index (χ3n) is 4.03. The van der Waals surface area contributed by atoms with Gasteiger partial charge in [0, 0.05) is 13.1 Å². The molecule has 1 saturated heterocycles. The van der Waals surface area contributed by atoms with E-state index >= 15 is 0 Å². The predicted octanol–water partition coefficient (Wildman–Crippen LogP) is 1.29. The summed E-state index contributed by atoms with van der Waals surface area (Å²) in [4.78, 5) is 24.6. The molecule has 0 aliphatic carbocycles. The van der Waals surface area contributed by atoms with E-state index in [1.165, 1.54) is 6.92 Å². The molecule has 3 N–H and O–H groups in total. The van der Waals surface area contributed by atoms with E-state index in [4.69, 9.17) is 5.11 Å². The lowest BCUT2D eigenvalue weighted by atomic mass is 9.75. The van der Waals surface area contributed by atoms with Gasteiger partial charge in [0.15, 0.2) is 6.04 Å². The Bertz CT molecular complexity index is 355. The second-order valence-corrected chi connectivity index (χ2v) is 6.63. The minimum Gasteiger partial charge on any atom is -0.480 e. The maximum atomic E-state index is 12.0. The molecule has 1 fully saturated rings. The first kappa shape index (κ1) is 16.8. The second kappa shape index (κ2) is 6.43. The van der Waals surface area contributed by atoms with Crippen molar-refractivity contribution < 1.29 is 19.8 Å². The zero-order chi connectivity index (χ0) is 15.5. The molecule has 1 rings (SSSR count). The first-order valence-corrected chi connectivity index (χ1v) is 7.09. The van der Waals surface area contributed by atoms with Crippen LogP contribution in [0.5, 0.6) is 0 Å². The van der Waals surface area contributed by atoms with Crippen molar-refractivity contribution in [1.29, 1.82) is 0 Å². The van der Waals surface area contributed by atoms with Gasteiger partial charge in [0.2, 0.25) is 0 Å². The number of rotatable bonds is 3. The van der Waals surface area contributed by atoms with E-state index in [1.54, 1.807) is 4.90 Å². The van der Waals surface area contributed by atoms with Crippen molar-refractivity contribution in [3.8, 4) is 0 Å².